The van der Waals surface area contributed by atoms with Crippen molar-refractivity contribution >= 4 is 22.9 Å². The van der Waals surface area contributed by atoms with Crippen LogP contribution in [-0.4, -0.2) is 45.6 Å². The Hall–Kier alpha value is -2.70. The van der Waals surface area contributed by atoms with Crippen molar-refractivity contribution in [3.63, 3.8) is 0 Å². The maximum absolute atomic E-state index is 13.1. The summed E-state index contributed by atoms with van der Waals surface area (Å²) in [5, 5.41) is 4.14. The van der Waals surface area contributed by atoms with Crippen molar-refractivity contribution in [2.75, 3.05) is 13.1 Å². The largest absolute Gasteiger partial charge is 0.444 e. The van der Waals surface area contributed by atoms with E-state index in [0.717, 1.165) is 22.2 Å². The van der Waals surface area contributed by atoms with Crippen LogP contribution in [0.1, 0.15) is 57.7 Å². The first-order valence-corrected chi connectivity index (χ1v) is 10.9. The number of hydrogen-bond donors (Lipinski definition) is 1. The van der Waals surface area contributed by atoms with Gasteiger partial charge in [0.2, 0.25) is 5.91 Å². The molecule has 2 amide bonds. The van der Waals surface area contributed by atoms with Crippen molar-refractivity contribution in [1.29, 1.82) is 0 Å². The number of hydrogen-bond acceptors (Lipinski definition) is 5. The average Bonchev–Trinajstić information content (AvgIpc) is 3.06. The van der Waals surface area contributed by atoms with Crippen LogP contribution in [0.25, 0.3) is 10.9 Å². The molecule has 0 bridgehead atoms. The van der Waals surface area contributed by atoms with E-state index in [2.05, 4.69) is 22.2 Å². The standard InChI is InChI=1S/C24H32N4O3/c1-13-9-8-10-16-19(13)26-15(3)27-20(16)14(2)25-21(29)18-17-11-28(12-24(17,18)7)22(30)31-23(4,5)6/h8-10,14,17-18H,11-12H2,1-7H3,(H,25,29)/t14?,17-,18+,24-/m0/s1. The minimum Gasteiger partial charge on any atom is -0.444 e. The van der Waals surface area contributed by atoms with Crippen LogP contribution >= 0.6 is 0 Å². The number of fused-ring (bicyclic) bond motifs is 2. The van der Waals surface area contributed by atoms with Crippen LogP contribution < -0.4 is 5.32 Å². The van der Waals surface area contributed by atoms with Gasteiger partial charge in [-0.05, 0) is 53.0 Å². The molecule has 166 valence electrons. The van der Waals surface area contributed by atoms with Gasteiger partial charge in [0.15, 0.2) is 0 Å². The molecule has 7 nitrogen and oxygen atoms in total. The summed E-state index contributed by atoms with van der Waals surface area (Å²) in [6.45, 7) is 14.7. The van der Waals surface area contributed by atoms with Crippen molar-refractivity contribution in [3.8, 4) is 0 Å². The number of aromatic nitrogens is 2. The molecule has 1 saturated heterocycles. The molecule has 1 aliphatic carbocycles. The highest BCUT2D eigenvalue weighted by molar-refractivity contribution is 5.87. The van der Waals surface area contributed by atoms with E-state index in [-0.39, 0.29) is 35.3 Å². The second-order valence-corrected chi connectivity index (χ2v) is 10.3. The van der Waals surface area contributed by atoms with Crippen LogP contribution in [-0.2, 0) is 9.53 Å². The van der Waals surface area contributed by atoms with E-state index in [9.17, 15) is 9.59 Å². The highest BCUT2D eigenvalue weighted by Gasteiger charge is 2.69. The molecule has 4 atom stereocenters. The second-order valence-electron chi connectivity index (χ2n) is 10.3. The number of carbonyl (C=O) groups is 2. The molecule has 1 saturated carbocycles. The third-order valence-electron chi connectivity index (χ3n) is 6.57. The van der Waals surface area contributed by atoms with Gasteiger partial charge in [0.25, 0.3) is 0 Å². The van der Waals surface area contributed by atoms with E-state index in [1.165, 1.54) is 0 Å². The fraction of sp³-hybridized carbons (Fsp3) is 0.583. The zero-order valence-electron chi connectivity index (χ0n) is 19.4. The van der Waals surface area contributed by atoms with Gasteiger partial charge in [-0.2, -0.15) is 0 Å². The van der Waals surface area contributed by atoms with Gasteiger partial charge in [-0.15, -0.1) is 0 Å². The van der Waals surface area contributed by atoms with E-state index in [4.69, 9.17) is 4.74 Å². The van der Waals surface area contributed by atoms with Crippen LogP contribution in [0, 0.1) is 31.1 Å². The first-order valence-electron chi connectivity index (χ1n) is 10.9. The normalized spacial score (nSPS) is 25.8. The molecule has 0 spiro atoms. The SMILES string of the molecule is Cc1nc(C(C)NC(=O)[C@H]2[C@@H]3CN(C(=O)OC(C)(C)C)C[C@@]32C)c2cccc(C)c2n1. The summed E-state index contributed by atoms with van der Waals surface area (Å²) in [6.07, 6.45) is -0.299. The maximum Gasteiger partial charge on any atom is 0.410 e. The molecule has 2 aliphatic rings. The Morgan fingerprint density at radius 3 is 2.58 bits per heavy atom. The molecule has 1 N–H and O–H groups in total. The maximum atomic E-state index is 13.1. The molecular weight excluding hydrogens is 392 g/mol. The summed E-state index contributed by atoms with van der Waals surface area (Å²) < 4.78 is 5.49. The van der Waals surface area contributed by atoms with Gasteiger partial charge < -0.3 is 15.0 Å². The lowest BCUT2D eigenvalue weighted by molar-refractivity contribution is -0.124. The van der Waals surface area contributed by atoms with Crippen molar-refractivity contribution < 1.29 is 14.3 Å². The molecule has 1 aromatic carbocycles. The number of likely N-dealkylation sites (tertiary alicyclic amines) is 1. The minimum atomic E-state index is -0.520. The topological polar surface area (TPSA) is 84.4 Å². The molecule has 4 rings (SSSR count). The molecule has 0 radical (unpaired) electrons. The molecule has 1 aromatic heterocycles. The Morgan fingerprint density at radius 1 is 1.26 bits per heavy atom. The van der Waals surface area contributed by atoms with Crippen LogP contribution in [0.2, 0.25) is 0 Å². The minimum absolute atomic E-state index is 0.0286. The lowest BCUT2D eigenvalue weighted by atomic mass is 10.0. The second kappa shape index (κ2) is 7.18. The van der Waals surface area contributed by atoms with Crippen LogP contribution in [0.15, 0.2) is 18.2 Å². The van der Waals surface area contributed by atoms with E-state index in [0.29, 0.717) is 18.9 Å². The summed E-state index contributed by atoms with van der Waals surface area (Å²) >= 11 is 0. The molecule has 1 aliphatic heterocycles. The molecule has 2 fully saturated rings. The van der Waals surface area contributed by atoms with Crippen molar-refractivity contribution in [2.24, 2.45) is 17.3 Å². The summed E-state index contributed by atoms with van der Waals surface area (Å²) in [5.41, 5.74) is 2.14. The summed E-state index contributed by atoms with van der Waals surface area (Å²) in [4.78, 5) is 36.4. The Labute approximate surface area is 183 Å². The average molecular weight is 425 g/mol. The van der Waals surface area contributed by atoms with Crippen LogP contribution in [0.4, 0.5) is 4.79 Å². The summed E-state index contributed by atoms with van der Waals surface area (Å²) in [7, 11) is 0. The zero-order valence-corrected chi connectivity index (χ0v) is 19.4. The quantitative estimate of drug-likeness (QED) is 0.807. The smallest absolute Gasteiger partial charge is 0.410 e. The number of amides is 2. The van der Waals surface area contributed by atoms with Crippen LogP contribution in [0.5, 0.6) is 0 Å². The Kier molecular flexibility index (Phi) is 4.98. The number of ether oxygens (including phenoxy) is 1. The van der Waals surface area contributed by atoms with E-state index in [1.54, 1.807) is 4.90 Å². The number of aryl methyl sites for hydroxylation is 2. The molecule has 2 heterocycles. The van der Waals surface area contributed by atoms with Gasteiger partial charge in [-0.1, -0.05) is 25.1 Å². The molecule has 1 unspecified atom stereocenters. The van der Waals surface area contributed by atoms with Gasteiger partial charge in [0.05, 0.1) is 23.2 Å². The van der Waals surface area contributed by atoms with Crippen molar-refractivity contribution in [2.45, 2.75) is 60.1 Å². The first-order chi connectivity index (χ1) is 14.4. The number of benzene rings is 1. The monoisotopic (exact) mass is 424 g/mol. The fourth-order valence-corrected chi connectivity index (χ4v) is 4.99. The van der Waals surface area contributed by atoms with Gasteiger partial charge in [0.1, 0.15) is 11.4 Å². The predicted molar refractivity (Wildman–Crippen MR) is 118 cm³/mol. The summed E-state index contributed by atoms with van der Waals surface area (Å²) in [6, 6.07) is 5.80. The Morgan fingerprint density at radius 2 is 1.97 bits per heavy atom. The van der Waals surface area contributed by atoms with Gasteiger partial charge in [-0.25, -0.2) is 14.8 Å². The third-order valence-corrected chi connectivity index (χ3v) is 6.57. The van der Waals surface area contributed by atoms with Gasteiger partial charge in [0, 0.05) is 23.9 Å². The highest BCUT2D eigenvalue weighted by atomic mass is 16.6. The van der Waals surface area contributed by atoms with Crippen molar-refractivity contribution in [1.82, 2.24) is 20.2 Å². The third kappa shape index (κ3) is 3.86. The fourth-order valence-electron chi connectivity index (χ4n) is 4.99. The lowest BCUT2D eigenvalue weighted by Gasteiger charge is -2.27. The van der Waals surface area contributed by atoms with Gasteiger partial charge in [-0.3, -0.25) is 4.79 Å². The summed E-state index contributed by atoms with van der Waals surface area (Å²) in [5.74, 6) is 0.796. The Bertz CT molecular complexity index is 1060. The number of piperidine rings is 1. The van der Waals surface area contributed by atoms with Gasteiger partial charge >= 0.3 is 6.09 Å². The Balaban J connectivity index is 1.45. The number of nitrogens with one attached hydrogen (secondary N) is 1. The molecule has 7 heteroatoms. The number of rotatable bonds is 3. The first kappa shape index (κ1) is 21.5. The van der Waals surface area contributed by atoms with E-state index < -0.39 is 5.60 Å². The number of carbonyl (C=O) groups excluding carboxylic acids is 2. The number of para-hydroxylation sites is 1. The van der Waals surface area contributed by atoms with Crippen LogP contribution in [0.3, 0.4) is 0 Å². The lowest BCUT2D eigenvalue weighted by Crippen LogP contribution is -2.40. The molecule has 2 aromatic rings. The predicted octanol–water partition coefficient (Wildman–Crippen LogP) is 3.93. The van der Waals surface area contributed by atoms with E-state index >= 15 is 0 Å². The molecular formula is C24H32N4O3. The molecule has 31 heavy (non-hydrogen) atoms. The number of nitrogens with zero attached hydrogens (tertiary/aromatic N) is 3. The highest BCUT2D eigenvalue weighted by Crippen LogP contribution is 2.63. The van der Waals surface area contributed by atoms with E-state index in [1.807, 2.05) is 59.7 Å². The zero-order chi connectivity index (χ0) is 22.7. The van der Waals surface area contributed by atoms with Crippen molar-refractivity contribution in [3.05, 3.63) is 35.3 Å².